The van der Waals surface area contributed by atoms with Gasteiger partial charge in [-0.2, -0.15) is 0 Å². The summed E-state index contributed by atoms with van der Waals surface area (Å²) >= 11 is 0. The molecular weight excluding hydrogens is 296 g/mol. The van der Waals surface area contributed by atoms with Gasteiger partial charge in [0.15, 0.2) is 0 Å². The van der Waals surface area contributed by atoms with Crippen LogP contribution in [0.2, 0.25) is 0 Å². The molecule has 0 bridgehead atoms. The first kappa shape index (κ1) is 16.8. The molecule has 1 unspecified atom stereocenters. The third-order valence-electron chi connectivity index (χ3n) is 8.59. The van der Waals surface area contributed by atoms with E-state index in [1.165, 1.54) is 31.3 Å². The van der Waals surface area contributed by atoms with Crippen molar-refractivity contribution in [3.63, 3.8) is 0 Å². The fraction of sp³-hybridized carbons (Fsp3) is 0.818. The van der Waals surface area contributed by atoms with Crippen LogP contribution in [0.4, 0.5) is 0 Å². The van der Waals surface area contributed by atoms with E-state index in [2.05, 4.69) is 32.9 Å². The van der Waals surface area contributed by atoms with Gasteiger partial charge in [0.2, 0.25) is 0 Å². The molecule has 3 saturated carbocycles. The largest absolute Gasteiger partial charge is 0.396 e. The molecule has 2 heteroatoms. The van der Waals surface area contributed by atoms with Gasteiger partial charge < -0.3 is 10.2 Å². The zero-order chi connectivity index (χ0) is 17.1. The van der Waals surface area contributed by atoms with E-state index in [4.69, 9.17) is 0 Å². The Morgan fingerprint density at radius 1 is 1.08 bits per heavy atom. The molecule has 0 saturated heterocycles. The Balaban J connectivity index is 1.68. The molecule has 0 heterocycles. The van der Waals surface area contributed by atoms with Crippen molar-refractivity contribution in [1.82, 2.24) is 0 Å². The molecule has 7 atom stereocenters. The lowest BCUT2D eigenvalue weighted by Crippen LogP contribution is -2.46. The van der Waals surface area contributed by atoms with E-state index in [0.29, 0.717) is 35.7 Å². The average Bonchev–Trinajstić information content (AvgIpc) is 2.92. The summed E-state index contributed by atoms with van der Waals surface area (Å²) in [6.45, 7) is 7.54. The van der Waals surface area contributed by atoms with Crippen molar-refractivity contribution in [2.75, 3.05) is 6.61 Å². The van der Waals surface area contributed by atoms with Crippen LogP contribution in [-0.4, -0.2) is 22.9 Å². The van der Waals surface area contributed by atoms with E-state index in [-0.39, 0.29) is 11.5 Å². The van der Waals surface area contributed by atoms with Crippen LogP contribution < -0.4 is 0 Å². The van der Waals surface area contributed by atoms with Crippen LogP contribution in [0.15, 0.2) is 23.3 Å². The second-order valence-electron chi connectivity index (χ2n) is 9.67. The van der Waals surface area contributed by atoms with Crippen molar-refractivity contribution >= 4 is 0 Å². The van der Waals surface area contributed by atoms with Crippen molar-refractivity contribution in [2.24, 2.45) is 34.5 Å². The molecule has 134 valence electrons. The topological polar surface area (TPSA) is 40.5 Å². The van der Waals surface area contributed by atoms with E-state index >= 15 is 0 Å². The van der Waals surface area contributed by atoms with Crippen LogP contribution in [-0.2, 0) is 0 Å². The number of allylic oxidation sites excluding steroid dienone is 3. The highest BCUT2D eigenvalue weighted by molar-refractivity contribution is 5.38. The molecule has 4 aliphatic rings. The van der Waals surface area contributed by atoms with Crippen LogP contribution >= 0.6 is 0 Å². The monoisotopic (exact) mass is 330 g/mol. The number of hydrogen-bond acceptors (Lipinski definition) is 2. The normalized spacial score (nSPS) is 48.7. The summed E-state index contributed by atoms with van der Waals surface area (Å²) in [5.74, 6) is 2.48. The maximum absolute atomic E-state index is 10.1. The molecule has 0 aromatic heterocycles. The van der Waals surface area contributed by atoms with Gasteiger partial charge in [-0.25, -0.2) is 0 Å². The number of hydrogen-bond donors (Lipinski definition) is 2. The minimum atomic E-state index is -0.130. The molecular formula is C22H34O2. The van der Waals surface area contributed by atoms with Crippen molar-refractivity contribution < 1.29 is 10.2 Å². The zero-order valence-electron chi connectivity index (χ0n) is 15.6. The Morgan fingerprint density at radius 3 is 2.62 bits per heavy atom. The van der Waals surface area contributed by atoms with E-state index in [1.54, 1.807) is 5.57 Å². The molecule has 4 aliphatic carbocycles. The molecule has 4 rings (SSSR count). The van der Waals surface area contributed by atoms with Gasteiger partial charge in [-0.15, -0.1) is 0 Å². The van der Waals surface area contributed by atoms with E-state index in [0.717, 1.165) is 19.3 Å². The quantitative estimate of drug-likeness (QED) is 0.784. The molecule has 3 fully saturated rings. The lowest BCUT2D eigenvalue weighted by atomic mass is 9.50. The van der Waals surface area contributed by atoms with Gasteiger partial charge in [-0.1, -0.05) is 44.1 Å². The van der Waals surface area contributed by atoms with E-state index in [1.807, 2.05) is 0 Å². The first-order valence-electron chi connectivity index (χ1n) is 10.1. The molecule has 0 amide bonds. The maximum Gasteiger partial charge on any atom is 0.0578 e. The smallest absolute Gasteiger partial charge is 0.0578 e. The van der Waals surface area contributed by atoms with E-state index < -0.39 is 0 Å². The number of fused-ring (bicyclic) bond motifs is 5. The third-order valence-corrected chi connectivity index (χ3v) is 8.59. The Labute approximate surface area is 147 Å². The van der Waals surface area contributed by atoms with Crippen molar-refractivity contribution in [2.45, 2.75) is 71.8 Å². The first-order chi connectivity index (χ1) is 11.4. The number of aliphatic hydroxyl groups excluding tert-OH is 2. The lowest BCUT2D eigenvalue weighted by molar-refractivity contribution is 0.0247. The number of rotatable bonds is 2. The molecule has 0 aromatic carbocycles. The maximum atomic E-state index is 10.1. The molecule has 24 heavy (non-hydrogen) atoms. The summed E-state index contributed by atoms with van der Waals surface area (Å²) in [7, 11) is 0. The van der Waals surface area contributed by atoms with Gasteiger partial charge in [0.1, 0.15) is 0 Å². The van der Waals surface area contributed by atoms with Crippen LogP contribution in [0.5, 0.6) is 0 Å². The SMILES string of the molecule is CC(CO)[C@H]1CC[C@H]2C3=CC=C4C[C@@H](O)CC[C@]4(C)[C@H]3CC[C@]12C. The minimum Gasteiger partial charge on any atom is -0.396 e. The molecule has 2 N–H and O–H groups in total. The molecule has 2 nitrogen and oxygen atoms in total. The molecule has 0 spiro atoms. The van der Waals surface area contributed by atoms with Gasteiger partial charge in [0.05, 0.1) is 6.10 Å². The highest BCUT2D eigenvalue weighted by Crippen LogP contribution is 2.65. The minimum absolute atomic E-state index is 0.130. The highest BCUT2D eigenvalue weighted by Gasteiger charge is 2.56. The first-order valence-corrected chi connectivity index (χ1v) is 10.1. The molecule has 0 aromatic rings. The predicted octanol–water partition coefficient (Wildman–Crippen LogP) is 4.47. The summed E-state index contributed by atoms with van der Waals surface area (Å²) in [6, 6.07) is 0. The fourth-order valence-corrected chi connectivity index (χ4v) is 7.09. The summed E-state index contributed by atoms with van der Waals surface area (Å²) in [6.07, 6.45) is 12.8. The lowest BCUT2D eigenvalue weighted by Gasteiger charge is -2.55. The second-order valence-corrected chi connectivity index (χ2v) is 9.67. The van der Waals surface area contributed by atoms with Crippen LogP contribution in [0.25, 0.3) is 0 Å². The fourth-order valence-electron chi connectivity index (χ4n) is 7.09. The Morgan fingerprint density at radius 2 is 1.88 bits per heavy atom. The second kappa shape index (κ2) is 5.71. The molecule has 0 aliphatic heterocycles. The molecule has 0 radical (unpaired) electrons. The summed E-state index contributed by atoms with van der Waals surface area (Å²) < 4.78 is 0. The van der Waals surface area contributed by atoms with Crippen molar-refractivity contribution in [1.29, 1.82) is 0 Å². The van der Waals surface area contributed by atoms with Gasteiger partial charge in [-0.3, -0.25) is 0 Å². The van der Waals surface area contributed by atoms with Crippen molar-refractivity contribution in [3.05, 3.63) is 23.3 Å². The third kappa shape index (κ3) is 2.22. The highest BCUT2D eigenvalue weighted by atomic mass is 16.3. The van der Waals surface area contributed by atoms with Crippen LogP contribution in [0, 0.1) is 34.5 Å². The standard InChI is InChI=1S/C22H34O2/c1-14(13-23)18-6-7-19-17-5-4-15-12-16(24)8-10-21(15,2)20(17)9-11-22(18,19)3/h4-5,14,16,18-20,23-24H,6-13H2,1-3H3/t14?,16-,18+,19-,20-,21-,22+/m0/s1. The Hall–Kier alpha value is -0.600. The zero-order valence-corrected chi connectivity index (χ0v) is 15.6. The van der Waals surface area contributed by atoms with Crippen LogP contribution in [0.3, 0.4) is 0 Å². The van der Waals surface area contributed by atoms with Gasteiger partial charge in [0, 0.05) is 6.61 Å². The van der Waals surface area contributed by atoms with E-state index in [9.17, 15) is 10.2 Å². The van der Waals surface area contributed by atoms with Crippen LogP contribution in [0.1, 0.15) is 65.7 Å². The van der Waals surface area contributed by atoms with Crippen molar-refractivity contribution in [3.8, 4) is 0 Å². The number of aliphatic hydroxyl groups is 2. The van der Waals surface area contributed by atoms with Gasteiger partial charge >= 0.3 is 0 Å². The average molecular weight is 331 g/mol. The summed E-state index contributed by atoms with van der Waals surface area (Å²) in [5, 5.41) is 19.8. The summed E-state index contributed by atoms with van der Waals surface area (Å²) in [5.41, 5.74) is 3.86. The Kier molecular flexibility index (Phi) is 4.01. The Bertz CT molecular complexity index is 577. The predicted molar refractivity (Wildman–Crippen MR) is 97.4 cm³/mol. The van der Waals surface area contributed by atoms with Gasteiger partial charge in [0.25, 0.3) is 0 Å². The summed E-state index contributed by atoms with van der Waals surface area (Å²) in [4.78, 5) is 0. The van der Waals surface area contributed by atoms with Gasteiger partial charge in [-0.05, 0) is 79.4 Å².